The van der Waals surface area contributed by atoms with Gasteiger partial charge >= 0.3 is 11.9 Å². The quantitative estimate of drug-likeness (QED) is 0.598. The van der Waals surface area contributed by atoms with Gasteiger partial charge in [-0.3, -0.25) is 4.79 Å². The molecule has 0 saturated heterocycles. The first kappa shape index (κ1) is 18.4. The zero-order valence-electron chi connectivity index (χ0n) is 14.9. The van der Waals surface area contributed by atoms with E-state index < -0.39 is 11.9 Å². The molecule has 140 valence electrons. The van der Waals surface area contributed by atoms with Gasteiger partial charge in [-0.05, 0) is 55.7 Å². The highest BCUT2D eigenvalue weighted by atomic mass is 16.5. The number of furan rings is 2. The fraction of sp³-hybridized carbons (Fsp3) is 0.250. The third kappa shape index (κ3) is 4.08. The Bertz CT molecular complexity index is 865. The van der Waals surface area contributed by atoms with Crippen molar-refractivity contribution < 1.29 is 32.7 Å². The van der Waals surface area contributed by atoms with Crippen LogP contribution in [0.1, 0.15) is 51.9 Å². The number of hydrogen-bond donors (Lipinski definition) is 0. The summed E-state index contributed by atoms with van der Waals surface area (Å²) in [7, 11) is 2.54. The number of Topliss-reactive ketones (excluding diaryl/α,β-unsaturated/α-hetero) is 1. The molecule has 7 nitrogen and oxygen atoms in total. The second kappa shape index (κ2) is 7.90. The summed E-state index contributed by atoms with van der Waals surface area (Å²) in [4.78, 5) is 35.6. The molecule has 0 aromatic carbocycles. The van der Waals surface area contributed by atoms with Crippen LogP contribution in [-0.4, -0.2) is 31.9 Å². The lowest BCUT2D eigenvalue weighted by atomic mass is 9.88. The average Bonchev–Trinajstić information content (AvgIpc) is 3.33. The van der Waals surface area contributed by atoms with Gasteiger partial charge in [0.1, 0.15) is 11.5 Å². The van der Waals surface area contributed by atoms with E-state index in [-0.39, 0.29) is 17.3 Å². The molecular weight excluding hydrogens is 352 g/mol. The summed E-state index contributed by atoms with van der Waals surface area (Å²) in [5, 5.41) is 0. The zero-order chi connectivity index (χ0) is 19.4. The van der Waals surface area contributed by atoms with E-state index in [9.17, 15) is 14.4 Å². The molecule has 0 amide bonds. The second-order valence-electron chi connectivity index (χ2n) is 5.91. The van der Waals surface area contributed by atoms with Crippen LogP contribution in [0.2, 0.25) is 0 Å². The summed E-state index contributed by atoms with van der Waals surface area (Å²) in [6.07, 6.45) is 5.26. The molecule has 3 rings (SSSR count). The molecule has 0 aliphatic heterocycles. The average molecular weight is 370 g/mol. The Morgan fingerprint density at radius 1 is 0.852 bits per heavy atom. The largest absolute Gasteiger partial charge is 0.463 e. The van der Waals surface area contributed by atoms with E-state index in [1.165, 1.54) is 26.4 Å². The molecule has 2 heterocycles. The lowest BCUT2D eigenvalue weighted by Crippen LogP contribution is -2.12. The summed E-state index contributed by atoms with van der Waals surface area (Å²) in [5.41, 5.74) is 1.16. The smallest absolute Gasteiger partial charge is 0.373 e. The summed E-state index contributed by atoms with van der Waals surface area (Å²) < 4.78 is 20.0. The SMILES string of the molecule is COC(=O)c1ccc(C=C2CCCC(=Cc3ccc(C(=O)OC)o3)C2=O)o1. The summed E-state index contributed by atoms with van der Waals surface area (Å²) in [5.74, 6) is -0.294. The Morgan fingerprint density at radius 2 is 1.30 bits per heavy atom. The highest BCUT2D eigenvalue weighted by Gasteiger charge is 2.22. The first-order chi connectivity index (χ1) is 13.0. The van der Waals surface area contributed by atoms with Crippen LogP contribution in [0.15, 0.2) is 44.2 Å². The van der Waals surface area contributed by atoms with E-state index in [4.69, 9.17) is 8.83 Å². The van der Waals surface area contributed by atoms with E-state index in [1.54, 1.807) is 24.3 Å². The van der Waals surface area contributed by atoms with E-state index >= 15 is 0 Å². The van der Waals surface area contributed by atoms with Crippen LogP contribution in [0.25, 0.3) is 12.2 Å². The molecule has 0 atom stereocenters. The first-order valence-electron chi connectivity index (χ1n) is 8.34. The van der Waals surface area contributed by atoms with Gasteiger partial charge in [0.15, 0.2) is 5.78 Å². The molecule has 7 heteroatoms. The summed E-state index contributed by atoms with van der Waals surface area (Å²) in [6, 6.07) is 6.22. The van der Waals surface area contributed by atoms with Gasteiger partial charge in [-0.25, -0.2) is 9.59 Å². The molecule has 1 aliphatic carbocycles. The lowest BCUT2D eigenvalue weighted by molar-refractivity contribution is -0.112. The molecular formula is C20H18O7. The number of carbonyl (C=O) groups excluding carboxylic acids is 3. The Hall–Kier alpha value is -3.35. The standard InChI is InChI=1S/C20H18O7/c1-24-19(22)16-8-6-14(26-16)10-12-4-3-5-13(18(12)21)11-15-7-9-17(27-15)20(23)25-2/h6-11H,3-5H2,1-2H3. The van der Waals surface area contributed by atoms with Gasteiger partial charge in [-0.1, -0.05) is 0 Å². The van der Waals surface area contributed by atoms with Gasteiger partial charge in [0.25, 0.3) is 0 Å². The minimum Gasteiger partial charge on any atom is -0.463 e. The van der Waals surface area contributed by atoms with Crippen molar-refractivity contribution in [2.75, 3.05) is 14.2 Å². The van der Waals surface area contributed by atoms with Crippen LogP contribution >= 0.6 is 0 Å². The number of carbonyl (C=O) groups is 3. The molecule has 0 unspecified atom stereocenters. The molecule has 2 aromatic rings. The van der Waals surface area contributed by atoms with Gasteiger partial charge in [-0.2, -0.15) is 0 Å². The van der Waals surface area contributed by atoms with Crippen LogP contribution in [-0.2, 0) is 14.3 Å². The van der Waals surface area contributed by atoms with E-state index in [2.05, 4.69) is 9.47 Å². The van der Waals surface area contributed by atoms with Gasteiger partial charge in [0.2, 0.25) is 11.5 Å². The molecule has 0 N–H and O–H groups in total. The maximum Gasteiger partial charge on any atom is 0.373 e. The van der Waals surface area contributed by atoms with Crippen molar-refractivity contribution in [1.82, 2.24) is 0 Å². The predicted octanol–water partition coefficient (Wildman–Crippen LogP) is 3.67. The third-order valence-electron chi connectivity index (χ3n) is 4.14. The second-order valence-corrected chi connectivity index (χ2v) is 5.91. The first-order valence-corrected chi connectivity index (χ1v) is 8.34. The van der Waals surface area contributed by atoms with E-state index in [0.717, 1.165) is 6.42 Å². The number of hydrogen-bond acceptors (Lipinski definition) is 7. The number of methoxy groups -OCH3 is 2. The minimum absolute atomic E-state index is 0.0781. The topological polar surface area (TPSA) is 96.0 Å². The number of ketones is 1. The van der Waals surface area contributed by atoms with E-state index in [1.807, 2.05) is 0 Å². The Morgan fingerprint density at radius 3 is 1.70 bits per heavy atom. The zero-order valence-corrected chi connectivity index (χ0v) is 14.9. The summed E-state index contributed by atoms with van der Waals surface area (Å²) >= 11 is 0. The Kier molecular flexibility index (Phi) is 5.40. The fourth-order valence-electron chi connectivity index (χ4n) is 2.80. The molecule has 1 fully saturated rings. The number of rotatable bonds is 4. The maximum atomic E-state index is 12.7. The van der Waals surface area contributed by atoms with Crippen LogP contribution in [0.5, 0.6) is 0 Å². The molecule has 0 spiro atoms. The maximum absolute atomic E-state index is 12.7. The van der Waals surface area contributed by atoms with Crippen molar-refractivity contribution in [2.45, 2.75) is 19.3 Å². The lowest BCUT2D eigenvalue weighted by Gasteiger charge is -2.15. The molecule has 1 saturated carbocycles. The van der Waals surface area contributed by atoms with Gasteiger partial charge < -0.3 is 18.3 Å². The van der Waals surface area contributed by atoms with Crippen LogP contribution < -0.4 is 0 Å². The minimum atomic E-state index is -0.575. The Balaban J connectivity index is 1.81. The monoisotopic (exact) mass is 370 g/mol. The van der Waals surface area contributed by atoms with Crippen LogP contribution in [0, 0.1) is 0 Å². The highest BCUT2D eigenvalue weighted by Crippen LogP contribution is 2.29. The van der Waals surface area contributed by atoms with Gasteiger partial charge in [0, 0.05) is 11.1 Å². The molecule has 0 radical (unpaired) electrons. The molecule has 1 aliphatic rings. The van der Waals surface area contributed by atoms with Crippen molar-refractivity contribution in [1.29, 1.82) is 0 Å². The Labute approximate surface area is 155 Å². The van der Waals surface area contributed by atoms with Crippen molar-refractivity contribution in [3.05, 3.63) is 58.5 Å². The van der Waals surface area contributed by atoms with E-state index in [0.29, 0.717) is 35.5 Å². The van der Waals surface area contributed by atoms with Crippen molar-refractivity contribution in [2.24, 2.45) is 0 Å². The normalized spacial score (nSPS) is 17.3. The van der Waals surface area contributed by atoms with Crippen LogP contribution in [0.3, 0.4) is 0 Å². The van der Waals surface area contributed by atoms with Crippen LogP contribution in [0.4, 0.5) is 0 Å². The number of esters is 2. The molecule has 2 aromatic heterocycles. The number of allylic oxidation sites excluding steroid dienone is 2. The highest BCUT2D eigenvalue weighted by molar-refractivity contribution is 6.13. The summed E-state index contributed by atoms with van der Waals surface area (Å²) in [6.45, 7) is 0. The predicted molar refractivity (Wildman–Crippen MR) is 94.9 cm³/mol. The van der Waals surface area contributed by atoms with Crippen molar-refractivity contribution in [3.63, 3.8) is 0 Å². The van der Waals surface area contributed by atoms with Crippen molar-refractivity contribution in [3.8, 4) is 0 Å². The van der Waals surface area contributed by atoms with Crippen molar-refractivity contribution >= 4 is 29.9 Å². The molecule has 0 bridgehead atoms. The van der Waals surface area contributed by atoms with Gasteiger partial charge in [0.05, 0.1) is 14.2 Å². The fourth-order valence-corrected chi connectivity index (χ4v) is 2.80. The number of ether oxygens (including phenoxy) is 2. The van der Waals surface area contributed by atoms with Gasteiger partial charge in [-0.15, -0.1) is 0 Å². The third-order valence-corrected chi connectivity index (χ3v) is 4.14. The molecule has 27 heavy (non-hydrogen) atoms.